The first-order chi connectivity index (χ1) is 13.2. The van der Waals surface area contributed by atoms with Crippen molar-refractivity contribution < 1.29 is 14.3 Å². The maximum atomic E-state index is 12.5. The van der Waals surface area contributed by atoms with Gasteiger partial charge in [-0.25, -0.2) is 4.79 Å². The van der Waals surface area contributed by atoms with Crippen LogP contribution in [0.2, 0.25) is 0 Å². The molecule has 0 aliphatic carbocycles. The number of hydrogen-bond acceptors (Lipinski definition) is 4. The van der Waals surface area contributed by atoms with Gasteiger partial charge < -0.3 is 19.7 Å². The largest absolute Gasteiger partial charge is 0.494 e. The maximum absolute atomic E-state index is 12.5. The Bertz CT molecular complexity index is 698. The van der Waals surface area contributed by atoms with E-state index < -0.39 is 0 Å². The molecule has 2 aromatic rings. The van der Waals surface area contributed by atoms with Gasteiger partial charge in [0.05, 0.1) is 12.8 Å². The Morgan fingerprint density at radius 2 is 1.96 bits per heavy atom. The van der Waals surface area contributed by atoms with Crippen LogP contribution in [0.3, 0.4) is 0 Å². The average Bonchev–Trinajstić information content (AvgIpc) is 2.71. The van der Waals surface area contributed by atoms with Crippen LogP contribution in [0.1, 0.15) is 32.6 Å². The number of benzene rings is 1. The van der Waals surface area contributed by atoms with Gasteiger partial charge in [0.2, 0.25) is 0 Å². The van der Waals surface area contributed by atoms with Gasteiger partial charge >= 0.3 is 6.03 Å². The van der Waals surface area contributed by atoms with E-state index in [1.807, 2.05) is 41.3 Å². The standard InChI is InChI=1S/C21H27N3O3/c1-2-3-15-26-18-8-6-17(7-9-18)23-21(25)24-13-10-19(11-14-24)27-20-5-4-12-22-16-20/h4-9,12,16,19H,2-3,10-11,13-15H2,1H3,(H,23,25). The quantitative estimate of drug-likeness (QED) is 0.738. The van der Waals surface area contributed by atoms with Gasteiger partial charge in [0.15, 0.2) is 0 Å². The number of urea groups is 1. The summed E-state index contributed by atoms with van der Waals surface area (Å²) in [5.41, 5.74) is 0.775. The van der Waals surface area contributed by atoms with Crippen LogP contribution in [0.15, 0.2) is 48.8 Å². The molecule has 1 aliphatic rings. The number of pyridine rings is 1. The fraction of sp³-hybridized carbons (Fsp3) is 0.429. The molecule has 1 N–H and O–H groups in total. The van der Waals surface area contributed by atoms with Crippen LogP contribution in [0, 0.1) is 0 Å². The lowest BCUT2D eigenvalue weighted by Gasteiger charge is -2.32. The second kappa shape index (κ2) is 9.80. The van der Waals surface area contributed by atoms with Crippen molar-refractivity contribution in [2.75, 3.05) is 25.0 Å². The summed E-state index contributed by atoms with van der Waals surface area (Å²) < 4.78 is 11.6. The zero-order chi connectivity index (χ0) is 18.9. The minimum Gasteiger partial charge on any atom is -0.494 e. The number of rotatable bonds is 7. The molecule has 6 heteroatoms. The first-order valence-electron chi connectivity index (χ1n) is 9.60. The molecule has 1 aliphatic heterocycles. The van der Waals surface area contributed by atoms with Crippen LogP contribution in [0.4, 0.5) is 10.5 Å². The molecular weight excluding hydrogens is 342 g/mol. The van der Waals surface area contributed by atoms with Gasteiger partial charge in [-0.15, -0.1) is 0 Å². The number of carbonyl (C=O) groups excluding carboxylic acids is 1. The number of amides is 2. The minimum atomic E-state index is -0.0746. The molecule has 1 aromatic heterocycles. The highest BCUT2D eigenvalue weighted by atomic mass is 16.5. The predicted octanol–water partition coefficient (Wildman–Crippen LogP) is 4.34. The summed E-state index contributed by atoms with van der Waals surface area (Å²) in [5, 5.41) is 2.95. The summed E-state index contributed by atoms with van der Waals surface area (Å²) in [6, 6.07) is 11.2. The maximum Gasteiger partial charge on any atom is 0.321 e. The highest BCUT2D eigenvalue weighted by molar-refractivity contribution is 5.89. The van der Waals surface area contributed by atoms with Crippen molar-refractivity contribution in [3.8, 4) is 11.5 Å². The Labute approximate surface area is 160 Å². The molecule has 0 unspecified atom stereocenters. The van der Waals surface area contributed by atoms with Crippen molar-refractivity contribution in [1.29, 1.82) is 0 Å². The molecule has 1 saturated heterocycles. The molecular formula is C21H27N3O3. The molecule has 144 valence electrons. The molecule has 0 radical (unpaired) electrons. The van der Waals surface area contributed by atoms with Crippen LogP contribution in [0.25, 0.3) is 0 Å². The number of hydrogen-bond donors (Lipinski definition) is 1. The predicted molar refractivity (Wildman–Crippen MR) is 105 cm³/mol. The second-order valence-corrected chi connectivity index (χ2v) is 6.65. The first-order valence-corrected chi connectivity index (χ1v) is 9.60. The summed E-state index contributed by atoms with van der Waals surface area (Å²) in [6.45, 7) is 4.21. The van der Waals surface area contributed by atoms with Gasteiger partial charge in [-0.2, -0.15) is 0 Å². The summed E-state index contributed by atoms with van der Waals surface area (Å²) >= 11 is 0. The van der Waals surface area contributed by atoms with Gasteiger partial charge in [-0.1, -0.05) is 13.3 Å². The Kier molecular flexibility index (Phi) is 6.90. The van der Waals surface area contributed by atoms with E-state index in [1.54, 1.807) is 12.4 Å². The van der Waals surface area contributed by atoms with E-state index in [2.05, 4.69) is 17.2 Å². The molecule has 27 heavy (non-hydrogen) atoms. The number of likely N-dealkylation sites (tertiary alicyclic amines) is 1. The lowest BCUT2D eigenvalue weighted by Crippen LogP contribution is -2.43. The number of nitrogens with zero attached hydrogens (tertiary/aromatic N) is 2. The molecule has 3 rings (SSSR count). The first kappa shape index (κ1) is 19.0. The SMILES string of the molecule is CCCCOc1ccc(NC(=O)N2CCC(Oc3cccnc3)CC2)cc1. The van der Waals surface area contributed by atoms with Crippen LogP contribution in [0.5, 0.6) is 11.5 Å². The van der Waals surface area contributed by atoms with Crippen molar-refractivity contribution in [3.05, 3.63) is 48.8 Å². The van der Waals surface area contributed by atoms with Gasteiger partial charge in [-0.05, 0) is 42.8 Å². The number of nitrogens with one attached hydrogen (secondary N) is 1. The van der Waals surface area contributed by atoms with E-state index in [4.69, 9.17) is 9.47 Å². The zero-order valence-electron chi connectivity index (χ0n) is 15.8. The number of unbranched alkanes of at least 4 members (excludes halogenated alkanes) is 1. The topological polar surface area (TPSA) is 63.7 Å². The van der Waals surface area contributed by atoms with Crippen LogP contribution >= 0.6 is 0 Å². The van der Waals surface area contributed by atoms with Gasteiger partial charge in [0.25, 0.3) is 0 Å². The van der Waals surface area contributed by atoms with Crippen molar-refractivity contribution in [1.82, 2.24) is 9.88 Å². The number of anilines is 1. The number of ether oxygens (including phenoxy) is 2. The van der Waals surface area contributed by atoms with E-state index in [0.29, 0.717) is 13.1 Å². The van der Waals surface area contributed by atoms with E-state index in [1.165, 1.54) is 0 Å². The molecule has 0 saturated carbocycles. The van der Waals surface area contributed by atoms with Crippen LogP contribution in [-0.2, 0) is 0 Å². The molecule has 1 aromatic carbocycles. The summed E-state index contributed by atoms with van der Waals surface area (Å²) in [5.74, 6) is 1.61. The second-order valence-electron chi connectivity index (χ2n) is 6.65. The molecule has 2 amide bonds. The normalized spacial score (nSPS) is 14.6. The fourth-order valence-electron chi connectivity index (χ4n) is 2.96. The third-order valence-electron chi connectivity index (χ3n) is 4.54. The summed E-state index contributed by atoms with van der Waals surface area (Å²) in [6.07, 6.45) is 7.34. The lowest BCUT2D eigenvalue weighted by molar-refractivity contribution is 0.115. The molecule has 0 bridgehead atoms. The van der Waals surface area contributed by atoms with Gasteiger partial charge in [0, 0.05) is 37.8 Å². The molecule has 6 nitrogen and oxygen atoms in total. The Balaban J connectivity index is 1.42. The van der Waals surface area contributed by atoms with E-state index in [9.17, 15) is 4.79 Å². The molecule has 1 fully saturated rings. The smallest absolute Gasteiger partial charge is 0.321 e. The Morgan fingerprint density at radius 3 is 2.63 bits per heavy atom. The Morgan fingerprint density at radius 1 is 1.19 bits per heavy atom. The van der Waals surface area contributed by atoms with Gasteiger partial charge in [-0.3, -0.25) is 4.98 Å². The molecule has 2 heterocycles. The van der Waals surface area contributed by atoms with Crippen molar-refractivity contribution in [2.24, 2.45) is 0 Å². The lowest BCUT2D eigenvalue weighted by atomic mass is 10.1. The van der Waals surface area contributed by atoms with E-state index in [0.717, 1.165) is 49.5 Å². The van der Waals surface area contributed by atoms with Crippen LogP contribution < -0.4 is 14.8 Å². The summed E-state index contributed by atoms with van der Waals surface area (Å²) in [7, 11) is 0. The fourth-order valence-corrected chi connectivity index (χ4v) is 2.96. The molecule has 0 spiro atoms. The third-order valence-corrected chi connectivity index (χ3v) is 4.54. The highest BCUT2D eigenvalue weighted by Crippen LogP contribution is 2.20. The van der Waals surface area contributed by atoms with Crippen molar-refractivity contribution in [2.45, 2.75) is 38.7 Å². The highest BCUT2D eigenvalue weighted by Gasteiger charge is 2.24. The van der Waals surface area contributed by atoms with E-state index >= 15 is 0 Å². The zero-order valence-corrected chi connectivity index (χ0v) is 15.8. The molecule has 0 atom stereocenters. The van der Waals surface area contributed by atoms with Crippen molar-refractivity contribution >= 4 is 11.7 Å². The number of piperidine rings is 1. The van der Waals surface area contributed by atoms with Crippen molar-refractivity contribution in [3.63, 3.8) is 0 Å². The Hall–Kier alpha value is -2.76. The van der Waals surface area contributed by atoms with Gasteiger partial charge in [0.1, 0.15) is 17.6 Å². The monoisotopic (exact) mass is 369 g/mol. The average molecular weight is 369 g/mol. The minimum absolute atomic E-state index is 0.0746. The van der Waals surface area contributed by atoms with E-state index in [-0.39, 0.29) is 12.1 Å². The van der Waals surface area contributed by atoms with Crippen LogP contribution in [-0.4, -0.2) is 41.7 Å². The summed E-state index contributed by atoms with van der Waals surface area (Å²) in [4.78, 5) is 18.3. The third kappa shape index (κ3) is 5.88. The number of aromatic nitrogens is 1. The number of carbonyl (C=O) groups is 1.